The van der Waals surface area contributed by atoms with Crippen LogP contribution in [0.1, 0.15) is 5.56 Å². The quantitative estimate of drug-likeness (QED) is 0.816. The SMILES string of the molecule is NCC(O)Cc1c(F)ccc(Br)c1F. The molecule has 3 N–H and O–H groups in total. The van der Waals surface area contributed by atoms with Crippen LogP contribution in [-0.2, 0) is 6.42 Å². The van der Waals surface area contributed by atoms with Gasteiger partial charge in [-0.15, -0.1) is 0 Å². The smallest absolute Gasteiger partial charge is 0.143 e. The van der Waals surface area contributed by atoms with Crippen LogP contribution in [0.2, 0.25) is 0 Å². The van der Waals surface area contributed by atoms with Gasteiger partial charge < -0.3 is 10.8 Å². The summed E-state index contributed by atoms with van der Waals surface area (Å²) >= 11 is 2.94. The maximum absolute atomic E-state index is 13.3. The van der Waals surface area contributed by atoms with E-state index in [9.17, 15) is 13.9 Å². The summed E-state index contributed by atoms with van der Waals surface area (Å²) < 4.78 is 26.6. The van der Waals surface area contributed by atoms with Crippen LogP contribution in [0.25, 0.3) is 0 Å². The van der Waals surface area contributed by atoms with E-state index in [2.05, 4.69) is 15.9 Å². The van der Waals surface area contributed by atoms with Crippen molar-refractivity contribution in [1.29, 1.82) is 0 Å². The van der Waals surface area contributed by atoms with E-state index in [0.717, 1.165) is 6.07 Å². The van der Waals surface area contributed by atoms with Crippen LogP contribution >= 0.6 is 15.9 Å². The summed E-state index contributed by atoms with van der Waals surface area (Å²) in [6, 6.07) is 2.43. The van der Waals surface area contributed by atoms with Crippen LogP contribution in [0.3, 0.4) is 0 Å². The number of rotatable bonds is 3. The fraction of sp³-hybridized carbons (Fsp3) is 0.333. The van der Waals surface area contributed by atoms with Gasteiger partial charge in [-0.25, -0.2) is 8.78 Å². The summed E-state index contributed by atoms with van der Waals surface area (Å²) in [6.07, 6.45) is -1.04. The second-order valence-electron chi connectivity index (χ2n) is 2.92. The molecular weight excluding hydrogens is 256 g/mol. The van der Waals surface area contributed by atoms with Crippen LogP contribution in [0.15, 0.2) is 16.6 Å². The molecule has 1 rings (SSSR count). The molecule has 1 atom stereocenters. The van der Waals surface area contributed by atoms with Gasteiger partial charge in [0.05, 0.1) is 10.6 Å². The Morgan fingerprint density at radius 1 is 1.43 bits per heavy atom. The molecule has 0 aliphatic carbocycles. The molecule has 14 heavy (non-hydrogen) atoms. The predicted octanol–water partition coefficient (Wildman–Crippen LogP) is 1.59. The minimum atomic E-state index is -0.923. The first-order valence-electron chi connectivity index (χ1n) is 4.06. The highest BCUT2D eigenvalue weighted by Crippen LogP contribution is 2.22. The average molecular weight is 266 g/mol. The van der Waals surface area contributed by atoms with Crippen molar-refractivity contribution in [2.24, 2.45) is 5.73 Å². The molecule has 78 valence electrons. The van der Waals surface area contributed by atoms with Gasteiger partial charge in [0.1, 0.15) is 11.6 Å². The van der Waals surface area contributed by atoms with Crippen molar-refractivity contribution in [2.75, 3.05) is 6.54 Å². The molecule has 0 fully saturated rings. The summed E-state index contributed by atoms with van der Waals surface area (Å²) in [4.78, 5) is 0. The zero-order valence-corrected chi connectivity index (χ0v) is 8.89. The molecule has 0 spiro atoms. The molecule has 2 nitrogen and oxygen atoms in total. The largest absolute Gasteiger partial charge is 0.391 e. The molecule has 0 bridgehead atoms. The molecule has 0 aromatic heterocycles. The highest BCUT2D eigenvalue weighted by molar-refractivity contribution is 9.10. The Balaban J connectivity index is 3.00. The molecule has 0 amide bonds. The van der Waals surface area contributed by atoms with Crippen LogP contribution in [0.5, 0.6) is 0 Å². The Morgan fingerprint density at radius 3 is 2.64 bits per heavy atom. The van der Waals surface area contributed by atoms with Crippen LogP contribution in [0, 0.1) is 11.6 Å². The molecule has 1 aromatic carbocycles. The summed E-state index contributed by atoms with van der Waals surface area (Å²) in [6.45, 7) is -0.0224. The van der Waals surface area contributed by atoms with Gasteiger partial charge in [0, 0.05) is 18.5 Å². The highest BCUT2D eigenvalue weighted by atomic mass is 79.9. The Bertz CT molecular complexity index is 333. The third-order valence-corrected chi connectivity index (χ3v) is 2.46. The number of nitrogens with two attached hydrogens (primary N) is 1. The van der Waals surface area contributed by atoms with Crippen LogP contribution in [0.4, 0.5) is 8.78 Å². The number of aliphatic hydroxyl groups excluding tert-OH is 1. The lowest BCUT2D eigenvalue weighted by Gasteiger charge is -2.10. The van der Waals surface area contributed by atoms with Crippen molar-refractivity contribution in [2.45, 2.75) is 12.5 Å². The molecule has 0 aliphatic heterocycles. The molecule has 0 saturated carbocycles. The second kappa shape index (κ2) is 4.82. The fourth-order valence-corrected chi connectivity index (χ4v) is 1.45. The van der Waals surface area contributed by atoms with Crippen molar-refractivity contribution in [3.63, 3.8) is 0 Å². The summed E-state index contributed by atoms with van der Waals surface area (Å²) in [5.41, 5.74) is 5.01. The summed E-state index contributed by atoms with van der Waals surface area (Å²) in [5.74, 6) is -1.35. The fourth-order valence-electron chi connectivity index (χ4n) is 1.08. The minimum Gasteiger partial charge on any atom is -0.391 e. The van der Waals surface area contributed by atoms with E-state index >= 15 is 0 Å². The maximum Gasteiger partial charge on any atom is 0.143 e. The van der Waals surface area contributed by atoms with E-state index in [4.69, 9.17) is 5.73 Å². The number of hydrogen-bond acceptors (Lipinski definition) is 2. The maximum atomic E-state index is 13.3. The van der Waals surface area contributed by atoms with Crippen molar-refractivity contribution in [3.8, 4) is 0 Å². The number of halogens is 3. The molecule has 0 heterocycles. The first-order valence-corrected chi connectivity index (χ1v) is 4.86. The van der Waals surface area contributed by atoms with Gasteiger partial charge in [0.15, 0.2) is 0 Å². The van der Waals surface area contributed by atoms with Crippen molar-refractivity contribution in [1.82, 2.24) is 0 Å². The average Bonchev–Trinajstić information content (AvgIpc) is 2.18. The first-order chi connectivity index (χ1) is 6.56. The zero-order valence-electron chi connectivity index (χ0n) is 7.30. The van der Waals surface area contributed by atoms with Crippen LogP contribution in [-0.4, -0.2) is 17.8 Å². The van der Waals surface area contributed by atoms with E-state index in [-0.39, 0.29) is 23.0 Å². The lowest BCUT2D eigenvalue weighted by atomic mass is 10.1. The normalized spacial score (nSPS) is 12.9. The molecule has 0 saturated heterocycles. The van der Waals surface area contributed by atoms with Crippen molar-refractivity contribution < 1.29 is 13.9 Å². The Labute approximate surface area is 88.9 Å². The van der Waals surface area contributed by atoms with Gasteiger partial charge in [0.2, 0.25) is 0 Å². The third-order valence-electron chi connectivity index (χ3n) is 1.85. The molecule has 0 aliphatic rings. The monoisotopic (exact) mass is 265 g/mol. The van der Waals surface area contributed by atoms with E-state index in [1.165, 1.54) is 6.07 Å². The topological polar surface area (TPSA) is 46.2 Å². The molecule has 5 heteroatoms. The van der Waals surface area contributed by atoms with E-state index in [0.29, 0.717) is 0 Å². The molecule has 0 radical (unpaired) electrons. The summed E-state index contributed by atoms with van der Waals surface area (Å²) in [5, 5.41) is 9.18. The van der Waals surface area contributed by atoms with Gasteiger partial charge in [-0.3, -0.25) is 0 Å². The molecule has 1 aromatic rings. The second-order valence-corrected chi connectivity index (χ2v) is 3.77. The Kier molecular flexibility index (Phi) is 3.97. The van der Waals surface area contributed by atoms with E-state index < -0.39 is 17.7 Å². The van der Waals surface area contributed by atoms with Gasteiger partial charge in [-0.2, -0.15) is 0 Å². The minimum absolute atomic E-state index is 0.0224. The number of aliphatic hydroxyl groups is 1. The lowest BCUT2D eigenvalue weighted by Crippen LogP contribution is -2.23. The predicted molar refractivity (Wildman–Crippen MR) is 52.8 cm³/mol. The Hall–Kier alpha value is -0.520. The summed E-state index contributed by atoms with van der Waals surface area (Å²) in [7, 11) is 0. The number of benzene rings is 1. The van der Waals surface area contributed by atoms with Crippen molar-refractivity contribution >= 4 is 15.9 Å². The first kappa shape index (κ1) is 11.6. The van der Waals surface area contributed by atoms with Gasteiger partial charge in [-0.1, -0.05) is 0 Å². The lowest BCUT2D eigenvalue weighted by molar-refractivity contribution is 0.180. The number of hydrogen-bond donors (Lipinski definition) is 2. The standard InChI is InChI=1S/C9H10BrF2NO/c10-7-1-2-8(11)6(9(7)12)3-5(14)4-13/h1-2,5,14H,3-4,13H2. The third kappa shape index (κ3) is 2.50. The van der Waals surface area contributed by atoms with E-state index in [1.54, 1.807) is 0 Å². The van der Waals surface area contributed by atoms with Crippen LogP contribution < -0.4 is 5.73 Å². The molecule has 1 unspecified atom stereocenters. The van der Waals surface area contributed by atoms with Gasteiger partial charge >= 0.3 is 0 Å². The Morgan fingerprint density at radius 2 is 2.07 bits per heavy atom. The zero-order chi connectivity index (χ0) is 10.7. The van der Waals surface area contributed by atoms with Gasteiger partial charge in [0.25, 0.3) is 0 Å². The molecular formula is C9H10BrF2NO. The van der Waals surface area contributed by atoms with Crippen molar-refractivity contribution in [3.05, 3.63) is 33.8 Å². The highest BCUT2D eigenvalue weighted by Gasteiger charge is 2.15. The van der Waals surface area contributed by atoms with E-state index in [1.807, 2.05) is 0 Å². The van der Waals surface area contributed by atoms with Gasteiger partial charge in [-0.05, 0) is 28.1 Å².